The molecule has 2 fully saturated rings. The molecule has 33 heavy (non-hydrogen) atoms. The number of carbonyl (C=O) groups is 2. The molecule has 2 amide bonds. The number of carbonyl (C=O) groups excluding carboxylic acids is 2. The first-order valence-electron chi connectivity index (χ1n) is 11.8. The minimum atomic E-state index is -3.01. The number of nitrogens with zero attached hydrogens (tertiary/aromatic N) is 2. The molecule has 2 aliphatic rings. The highest BCUT2D eigenvalue weighted by atomic mass is 19.3. The first kappa shape index (κ1) is 25.4. The van der Waals surface area contributed by atoms with Gasteiger partial charge in [0.2, 0.25) is 5.91 Å². The number of hydrogen-bond donors (Lipinski definition) is 1. The lowest BCUT2D eigenvalue weighted by atomic mass is 9.95. The van der Waals surface area contributed by atoms with Gasteiger partial charge in [-0.25, -0.2) is 0 Å². The van der Waals surface area contributed by atoms with E-state index < -0.39 is 12.5 Å². The Morgan fingerprint density at radius 1 is 1.18 bits per heavy atom. The van der Waals surface area contributed by atoms with E-state index in [1.165, 1.54) is 12.1 Å². The summed E-state index contributed by atoms with van der Waals surface area (Å²) < 4.78 is 35.4. The minimum Gasteiger partial charge on any atom is -0.434 e. The lowest BCUT2D eigenvalue weighted by Gasteiger charge is -2.36. The molecule has 9 heteroatoms. The summed E-state index contributed by atoms with van der Waals surface area (Å²) in [7, 11) is 0. The van der Waals surface area contributed by atoms with E-state index in [9.17, 15) is 18.4 Å². The molecule has 2 unspecified atom stereocenters. The van der Waals surface area contributed by atoms with Crippen molar-refractivity contribution in [2.24, 2.45) is 11.8 Å². The quantitative estimate of drug-likeness (QED) is 0.605. The van der Waals surface area contributed by atoms with Crippen molar-refractivity contribution in [3.63, 3.8) is 0 Å². The van der Waals surface area contributed by atoms with Crippen molar-refractivity contribution < 1.29 is 27.8 Å². The summed E-state index contributed by atoms with van der Waals surface area (Å²) in [6.07, 6.45) is 2.36. The molecule has 184 valence electrons. The largest absolute Gasteiger partial charge is 0.434 e. The van der Waals surface area contributed by atoms with Gasteiger partial charge < -0.3 is 19.7 Å². The SMILES string of the molecule is CC(C)CC(CNC(=O)C1CCCN(C(=O)c2ccccc2OC(F)F)C1)N1CCOCC1. The van der Waals surface area contributed by atoms with Crippen molar-refractivity contribution in [3.05, 3.63) is 29.8 Å². The average Bonchev–Trinajstić information content (AvgIpc) is 2.81. The van der Waals surface area contributed by atoms with Crippen LogP contribution >= 0.6 is 0 Å². The van der Waals surface area contributed by atoms with E-state index in [1.54, 1.807) is 17.0 Å². The number of piperidine rings is 1. The van der Waals surface area contributed by atoms with Gasteiger partial charge in [0.25, 0.3) is 5.91 Å². The third kappa shape index (κ3) is 7.37. The van der Waals surface area contributed by atoms with Gasteiger partial charge in [-0.05, 0) is 37.3 Å². The molecule has 0 radical (unpaired) electrons. The van der Waals surface area contributed by atoms with Crippen LogP contribution in [0.4, 0.5) is 8.78 Å². The van der Waals surface area contributed by atoms with E-state index in [1.807, 2.05) is 0 Å². The maximum atomic E-state index is 13.0. The normalized spacial score (nSPS) is 20.7. The van der Waals surface area contributed by atoms with E-state index in [0.29, 0.717) is 45.1 Å². The first-order valence-corrected chi connectivity index (χ1v) is 11.8. The van der Waals surface area contributed by atoms with Crippen LogP contribution in [0.15, 0.2) is 24.3 Å². The van der Waals surface area contributed by atoms with Crippen molar-refractivity contribution >= 4 is 11.8 Å². The summed E-state index contributed by atoms with van der Waals surface area (Å²) in [6, 6.07) is 6.23. The van der Waals surface area contributed by atoms with Gasteiger partial charge in [-0.15, -0.1) is 0 Å². The van der Waals surface area contributed by atoms with E-state index in [2.05, 4.69) is 28.8 Å². The molecule has 0 aromatic heterocycles. The number of ether oxygens (including phenoxy) is 2. The molecule has 2 heterocycles. The number of para-hydroxylation sites is 1. The lowest BCUT2D eigenvalue weighted by Crippen LogP contribution is -2.51. The highest BCUT2D eigenvalue weighted by Crippen LogP contribution is 2.25. The van der Waals surface area contributed by atoms with Gasteiger partial charge in [-0.2, -0.15) is 8.78 Å². The van der Waals surface area contributed by atoms with Crippen LogP contribution in [0.25, 0.3) is 0 Å². The Morgan fingerprint density at radius 3 is 2.61 bits per heavy atom. The molecule has 0 saturated carbocycles. The van der Waals surface area contributed by atoms with Crippen LogP contribution in [0.2, 0.25) is 0 Å². The number of hydrogen-bond acceptors (Lipinski definition) is 5. The molecule has 2 aliphatic heterocycles. The summed E-state index contributed by atoms with van der Waals surface area (Å²) in [5.41, 5.74) is 0.0863. The summed E-state index contributed by atoms with van der Waals surface area (Å²) >= 11 is 0. The smallest absolute Gasteiger partial charge is 0.387 e. The summed E-state index contributed by atoms with van der Waals surface area (Å²) in [5, 5.41) is 3.11. The van der Waals surface area contributed by atoms with Gasteiger partial charge in [0.15, 0.2) is 0 Å². The molecular weight excluding hydrogens is 432 g/mol. The van der Waals surface area contributed by atoms with Gasteiger partial charge in [0.1, 0.15) is 5.75 Å². The number of halogens is 2. The maximum absolute atomic E-state index is 13.0. The standard InChI is InChI=1S/C24H35F2N3O4/c1-17(2)14-19(28-10-12-32-13-11-28)15-27-22(30)18-6-5-9-29(16-18)23(31)20-7-3-4-8-21(20)33-24(25)26/h3-4,7-8,17-19,24H,5-6,9-16H2,1-2H3,(H,27,30). The highest BCUT2D eigenvalue weighted by molar-refractivity contribution is 5.97. The second-order valence-corrected chi connectivity index (χ2v) is 9.14. The van der Waals surface area contributed by atoms with Crippen LogP contribution in [-0.4, -0.2) is 80.2 Å². The van der Waals surface area contributed by atoms with Crippen LogP contribution in [0.5, 0.6) is 5.75 Å². The van der Waals surface area contributed by atoms with E-state index in [0.717, 1.165) is 19.5 Å². The second kappa shape index (κ2) is 12.3. The van der Waals surface area contributed by atoms with E-state index in [4.69, 9.17) is 4.74 Å². The monoisotopic (exact) mass is 467 g/mol. The van der Waals surface area contributed by atoms with Crippen LogP contribution < -0.4 is 10.1 Å². The average molecular weight is 468 g/mol. The summed E-state index contributed by atoms with van der Waals surface area (Å²) in [4.78, 5) is 29.9. The Morgan fingerprint density at radius 2 is 1.91 bits per heavy atom. The second-order valence-electron chi connectivity index (χ2n) is 9.14. The van der Waals surface area contributed by atoms with Crippen molar-refractivity contribution in [2.45, 2.75) is 45.8 Å². The predicted molar refractivity (Wildman–Crippen MR) is 120 cm³/mol. The molecule has 1 aromatic rings. The highest BCUT2D eigenvalue weighted by Gasteiger charge is 2.31. The molecule has 3 rings (SSSR count). The Bertz CT molecular complexity index is 787. The number of alkyl halides is 2. The third-order valence-electron chi connectivity index (χ3n) is 6.23. The summed E-state index contributed by atoms with van der Waals surface area (Å²) in [6.45, 7) is 5.78. The summed E-state index contributed by atoms with van der Waals surface area (Å²) in [5.74, 6) is -0.421. The number of benzene rings is 1. The number of nitrogens with one attached hydrogen (secondary N) is 1. The zero-order valence-corrected chi connectivity index (χ0v) is 19.5. The van der Waals surface area contributed by atoms with Crippen LogP contribution in [0, 0.1) is 11.8 Å². The number of morpholine rings is 1. The Hall–Kier alpha value is -2.26. The molecule has 1 N–H and O–H groups in total. The molecule has 7 nitrogen and oxygen atoms in total. The maximum Gasteiger partial charge on any atom is 0.387 e. The van der Waals surface area contributed by atoms with Crippen LogP contribution in [0.3, 0.4) is 0 Å². The number of likely N-dealkylation sites (tertiary alicyclic amines) is 1. The molecule has 2 atom stereocenters. The molecule has 0 bridgehead atoms. The van der Waals surface area contributed by atoms with Gasteiger partial charge in [-0.3, -0.25) is 14.5 Å². The minimum absolute atomic E-state index is 0.0633. The topological polar surface area (TPSA) is 71.1 Å². The zero-order valence-electron chi connectivity index (χ0n) is 19.5. The van der Waals surface area contributed by atoms with E-state index in [-0.39, 0.29) is 35.7 Å². The predicted octanol–water partition coefficient (Wildman–Crippen LogP) is 3.00. The zero-order chi connectivity index (χ0) is 23.8. The van der Waals surface area contributed by atoms with Crippen molar-refractivity contribution in [1.29, 1.82) is 0 Å². The molecular formula is C24H35F2N3O4. The fourth-order valence-electron chi connectivity index (χ4n) is 4.60. The Kier molecular flexibility index (Phi) is 9.43. The third-order valence-corrected chi connectivity index (χ3v) is 6.23. The molecule has 2 saturated heterocycles. The molecule has 0 spiro atoms. The first-order chi connectivity index (χ1) is 15.8. The van der Waals surface area contributed by atoms with Gasteiger partial charge >= 0.3 is 6.61 Å². The molecule has 0 aliphatic carbocycles. The van der Waals surface area contributed by atoms with E-state index >= 15 is 0 Å². The number of rotatable bonds is 9. The fraction of sp³-hybridized carbons (Fsp3) is 0.667. The van der Waals surface area contributed by atoms with Crippen molar-refractivity contribution in [1.82, 2.24) is 15.1 Å². The van der Waals surface area contributed by atoms with Crippen molar-refractivity contribution in [3.8, 4) is 5.75 Å². The van der Waals surface area contributed by atoms with Crippen molar-refractivity contribution in [2.75, 3.05) is 45.9 Å². The van der Waals surface area contributed by atoms with Gasteiger partial charge in [0.05, 0.1) is 24.7 Å². The van der Waals surface area contributed by atoms with Gasteiger partial charge in [-0.1, -0.05) is 26.0 Å². The Labute approximate surface area is 194 Å². The number of amides is 2. The fourth-order valence-corrected chi connectivity index (χ4v) is 4.60. The van der Waals surface area contributed by atoms with Crippen LogP contribution in [-0.2, 0) is 9.53 Å². The lowest BCUT2D eigenvalue weighted by molar-refractivity contribution is -0.126. The Balaban J connectivity index is 1.59. The van der Waals surface area contributed by atoms with Gasteiger partial charge in [0, 0.05) is 38.8 Å². The molecule has 1 aromatic carbocycles. The van der Waals surface area contributed by atoms with Crippen LogP contribution in [0.1, 0.15) is 43.5 Å².